The maximum Gasteiger partial charge on any atom is 0.416 e. The summed E-state index contributed by atoms with van der Waals surface area (Å²) < 4.78 is 40.0. The minimum Gasteiger partial charge on any atom is -0.347 e. The summed E-state index contributed by atoms with van der Waals surface area (Å²) in [5.74, 6) is -0.328. The maximum atomic E-state index is 12.7. The fourth-order valence-corrected chi connectivity index (χ4v) is 2.46. The lowest BCUT2D eigenvalue weighted by Gasteiger charge is -2.11. The molecule has 0 aliphatic rings. The quantitative estimate of drug-likeness (QED) is 0.731. The molecule has 2 aromatic heterocycles. The van der Waals surface area contributed by atoms with Crippen molar-refractivity contribution in [3.05, 3.63) is 72.7 Å². The summed E-state index contributed by atoms with van der Waals surface area (Å²) >= 11 is 0. The average molecular weight is 345 g/mol. The van der Waals surface area contributed by atoms with Gasteiger partial charge in [0.05, 0.1) is 29.0 Å². The molecule has 2 heterocycles. The lowest BCUT2D eigenvalue weighted by atomic mass is 10.1. The van der Waals surface area contributed by atoms with Crippen molar-refractivity contribution in [1.29, 1.82) is 0 Å². The average Bonchev–Trinajstić information content (AvgIpc) is 3.06. The van der Waals surface area contributed by atoms with Crippen LogP contribution in [-0.2, 0) is 17.5 Å². The van der Waals surface area contributed by atoms with Gasteiger partial charge in [0, 0.05) is 18.0 Å². The summed E-state index contributed by atoms with van der Waals surface area (Å²) in [5.41, 5.74) is 1.74. The first-order chi connectivity index (χ1) is 11.9. The van der Waals surface area contributed by atoms with Crippen LogP contribution in [0.25, 0.3) is 16.8 Å². The van der Waals surface area contributed by atoms with Crippen LogP contribution >= 0.6 is 0 Å². The number of nitrogens with one attached hydrogen (secondary N) is 1. The van der Waals surface area contributed by atoms with Gasteiger partial charge in [-0.15, -0.1) is 0 Å². The van der Waals surface area contributed by atoms with Gasteiger partial charge < -0.3 is 9.72 Å². The van der Waals surface area contributed by atoms with Crippen LogP contribution in [0.1, 0.15) is 11.3 Å². The lowest BCUT2D eigenvalue weighted by molar-refractivity contribution is -0.137. The molecule has 7 heteroatoms. The zero-order valence-corrected chi connectivity index (χ0v) is 13.0. The first-order valence-corrected chi connectivity index (χ1v) is 7.43. The van der Waals surface area contributed by atoms with Crippen molar-refractivity contribution in [2.24, 2.45) is 0 Å². The van der Waals surface area contributed by atoms with Crippen molar-refractivity contribution in [3.8, 4) is 11.3 Å². The predicted octanol–water partition coefficient (Wildman–Crippen LogP) is 3.82. The van der Waals surface area contributed by atoms with E-state index >= 15 is 0 Å². The molecule has 1 N–H and O–H groups in total. The first-order valence-electron chi connectivity index (χ1n) is 7.43. The van der Waals surface area contributed by atoms with Crippen molar-refractivity contribution in [2.75, 3.05) is 0 Å². The molecule has 128 valence electrons. The molecule has 0 fully saturated rings. The fourth-order valence-electron chi connectivity index (χ4n) is 2.46. The number of carbonyl (C=O) groups is 1. The molecule has 0 saturated heterocycles. The van der Waals surface area contributed by atoms with Crippen LogP contribution in [0.15, 0.2) is 61.4 Å². The van der Waals surface area contributed by atoms with Crippen LogP contribution < -0.4 is 5.32 Å². The van der Waals surface area contributed by atoms with Gasteiger partial charge >= 0.3 is 6.18 Å². The van der Waals surface area contributed by atoms with E-state index in [0.29, 0.717) is 17.0 Å². The topological polar surface area (TPSA) is 46.4 Å². The molecule has 1 aromatic carbocycles. The SMILES string of the molecule is C=CC(=O)NCc1cn2cccc2c(-c2ccc(C(F)(F)F)cc2)n1. The number of rotatable bonds is 4. The smallest absolute Gasteiger partial charge is 0.347 e. The zero-order chi connectivity index (χ0) is 18.0. The van der Waals surface area contributed by atoms with Gasteiger partial charge in [0.1, 0.15) is 0 Å². The number of carbonyl (C=O) groups excluding carboxylic acids is 1. The van der Waals surface area contributed by atoms with Gasteiger partial charge in [-0.3, -0.25) is 4.79 Å². The molecule has 3 aromatic rings. The number of aromatic nitrogens is 2. The van der Waals surface area contributed by atoms with E-state index in [2.05, 4.69) is 16.9 Å². The third-order valence-corrected chi connectivity index (χ3v) is 3.68. The van der Waals surface area contributed by atoms with E-state index in [9.17, 15) is 18.0 Å². The van der Waals surface area contributed by atoms with E-state index in [-0.39, 0.29) is 12.5 Å². The summed E-state index contributed by atoms with van der Waals surface area (Å²) in [6, 6.07) is 8.49. The second kappa shape index (κ2) is 6.43. The normalized spacial score (nSPS) is 11.5. The molecule has 1 amide bonds. The molecule has 0 spiro atoms. The summed E-state index contributed by atoms with van der Waals surface area (Å²) in [5, 5.41) is 2.63. The number of benzene rings is 1. The van der Waals surface area contributed by atoms with E-state index < -0.39 is 11.7 Å². The molecule has 4 nitrogen and oxygen atoms in total. The minimum atomic E-state index is -4.38. The summed E-state index contributed by atoms with van der Waals surface area (Å²) in [4.78, 5) is 15.8. The Bertz CT molecular complexity index is 927. The highest BCUT2D eigenvalue weighted by atomic mass is 19.4. The van der Waals surface area contributed by atoms with Crippen molar-refractivity contribution in [2.45, 2.75) is 12.7 Å². The monoisotopic (exact) mass is 345 g/mol. The molecule has 25 heavy (non-hydrogen) atoms. The van der Waals surface area contributed by atoms with Gasteiger partial charge in [-0.05, 0) is 30.3 Å². The van der Waals surface area contributed by atoms with Crippen LogP contribution in [0.4, 0.5) is 13.2 Å². The number of halogens is 3. The largest absolute Gasteiger partial charge is 0.416 e. The van der Waals surface area contributed by atoms with E-state index in [1.165, 1.54) is 12.1 Å². The van der Waals surface area contributed by atoms with Gasteiger partial charge in [-0.25, -0.2) is 4.98 Å². The molecule has 3 rings (SSSR count). The fraction of sp³-hybridized carbons (Fsp3) is 0.111. The van der Waals surface area contributed by atoms with Crippen molar-refractivity contribution in [3.63, 3.8) is 0 Å². The summed E-state index contributed by atoms with van der Waals surface area (Å²) in [6.07, 6.45) is 0.341. The molecule has 0 bridgehead atoms. The third kappa shape index (κ3) is 3.55. The highest BCUT2D eigenvalue weighted by Crippen LogP contribution is 2.31. The Kier molecular flexibility index (Phi) is 4.31. The molecule has 0 aliphatic carbocycles. The standard InChI is InChI=1S/C18H14F3N3O/c1-2-16(25)22-10-14-11-24-9-3-4-15(24)17(23-14)12-5-7-13(8-6-12)18(19,20)21/h2-9,11H,1,10H2,(H,22,25). The van der Waals surface area contributed by atoms with Crippen molar-refractivity contribution < 1.29 is 18.0 Å². The molecule has 0 saturated carbocycles. The van der Waals surface area contributed by atoms with Crippen LogP contribution in [0.5, 0.6) is 0 Å². The number of nitrogens with zero attached hydrogens (tertiary/aromatic N) is 2. The van der Waals surface area contributed by atoms with Crippen LogP contribution in [0, 0.1) is 0 Å². The number of alkyl halides is 3. The molecular weight excluding hydrogens is 331 g/mol. The van der Waals surface area contributed by atoms with Crippen molar-refractivity contribution >= 4 is 11.4 Å². The van der Waals surface area contributed by atoms with Gasteiger partial charge in [-0.1, -0.05) is 18.7 Å². The number of hydrogen-bond acceptors (Lipinski definition) is 2. The third-order valence-electron chi connectivity index (χ3n) is 3.68. The summed E-state index contributed by atoms with van der Waals surface area (Å²) in [7, 11) is 0. The zero-order valence-electron chi connectivity index (χ0n) is 13.0. The minimum absolute atomic E-state index is 0.187. The maximum absolute atomic E-state index is 12.7. The first kappa shape index (κ1) is 16.8. The second-order valence-electron chi connectivity index (χ2n) is 5.38. The van der Waals surface area contributed by atoms with Crippen LogP contribution in [-0.4, -0.2) is 15.3 Å². The Balaban J connectivity index is 2.01. The Morgan fingerprint density at radius 2 is 1.96 bits per heavy atom. The molecule has 0 atom stereocenters. The van der Waals surface area contributed by atoms with Gasteiger partial charge in [0.15, 0.2) is 0 Å². The van der Waals surface area contributed by atoms with Crippen LogP contribution in [0.3, 0.4) is 0 Å². The summed E-state index contributed by atoms with van der Waals surface area (Å²) in [6.45, 7) is 3.57. The highest BCUT2D eigenvalue weighted by Gasteiger charge is 2.30. The Morgan fingerprint density at radius 1 is 1.24 bits per heavy atom. The van der Waals surface area contributed by atoms with Gasteiger partial charge in [0.25, 0.3) is 0 Å². The molecular formula is C18H14F3N3O. The van der Waals surface area contributed by atoms with E-state index in [0.717, 1.165) is 23.7 Å². The number of amides is 1. The molecule has 0 unspecified atom stereocenters. The number of fused-ring (bicyclic) bond motifs is 1. The Labute approximate surface area is 141 Å². The Morgan fingerprint density at radius 3 is 2.60 bits per heavy atom. The van der Waals surface area contributed by atoms with Gasteiger partial charge in [-0.2, -0.15) is 13.2 Å². The molecule has 0 aliphatic heterocycles. The highest BCUT2D eigenvalue weighted by molar-refractivity contribution is 5.86. The van der Waals surface area contributed by atoms with Crippen LogP contribution in [0.2, 0.25) is 0 Å². The van der Waals surface area contributed by atoms with E-state index in [1.54, 1.807) is 6.20 Å². The van der Waals surface area contributed by atoms with E-state index in [1.807, 2.05) is 22.7 Å². The molecule has 0 radical (unpaired) electrons. The van der Waals surface area contributed by atoms with Gasteiger partial charge in [0.2, 0.25) is 5.91 Å². The van der Waals surface area contributed by atoms with E-state index in [4.69, 9.17) is 0 Å². The Hall–Kier alpha value is -3.09. The van der Waals surface area contributed by atoms with Crippen molar-refractivity contribution in [1.82, 2.24) is 14.7 Å². The number of hydrogen-bond donors (Lipinski definition) is 1. The second-order valence-corrected chi connectivity index (χ2v) is 5.38. The lowest BCUT2D eigenvalue weighted by Crippen LogP contribution is -2.21. The predicted molar refractivity (Wildman–Crippen MR) is 87.7 cm³/mol.